The third-order valence-electron chi connectivity index (χ3n) is 4.53. The summed E-state index contributed by atoms with van der Waals surface area (Å²) in [5, 5.41) is 17.0. The monoisotopic (exact) mass is 423 g/mol. The van der Waals surface area contributed by atoms with Crippen LogP contribution in [0.3, 0.4) is 0 Å². The highest BCUT2D eigenvalue weighted by molar-refractivity contribution is 7.15. The van der Waals surface area contributed by atoms with Gasteiger partial charge in [-0.05, 0) is 18.6 Å². The molecule has 0 bridgehead atoms. The lowest BCUT2D eigenvalue weighted by atomic mass is 10.2. The second kappa shape index (κ2) is 8.95. The van der Waals surface area contributed by atoms with E-state index in [1.807, 2.05) is 30.3 Å². The molecule has 3 aromatic heterocycles. The topological polar surface area (TPSA) is 118 Å². The van der Waals surface area contributed by atoms with E-state index in [0.29, 0.717) is 28.4 Å². The van der Waals surface area contributed by atoms with Gasteiger partial charge < -0.3 is 10.3 Å². The Hall–Kier alpha value is -3.40. The molecule has 0 aliphatic heterocycles. The Morgan fingerprint density at radius 3 is 2.83 bits per heavy atom. The van der Waals surface area contributed by atoms with Crippen molar-refractivity contribution in [2.75, 3.05) is 5.32 Å². The fraction of sp³-hybridized carbons (Fsp3) is 0.300. The molecule has 0 fully saturated rings. The number of benzene rings is 1. The van der Waals surface area contributed by atoms with Crippen LogP contribution in [0.1, 0.15) is 37.0 Å². The van der Waals surface area contributed by atoms with Crippen molar-refractivity contribution in [3.8, 4) is 5.69 Å². The number of fused-ring (bicyclic) bond motifs is 1. The van der Waals surface area contributed by atoms with E-state index in [0.717, 1.165) is 30.0 Å². The number of aromatic amines is 1. The average molecular weight is 424 g/mol. The van der Waals surface area contributed by atoms with E-state index in [9.17, 15) is 9.59 Å². The first kappa shape index (κ1) is 19.9. The van der Waals surface area contributed by atoms with E-state index in [-0.39, 0.29) is 17.9 Å². The van der Waals surface area contributed by atoms with Gasteiger partial charge in [0.05, 0.1) is 11.9 Å². The van der Waals surface area contributed by atoms with Gasteiger partial charge in [-0.25, -0.2) is 9.67 Å². The zero-order chi connectivity index (χ0) is 20.9. The fourth-order valence-electron chi connectivity index (χ4n) is 2.99. The van der Waals surface area contributed by atoms with Crippen molar-refractivity contribution in [3.63, 3.8) is 0 Å². The van der Waals surface area contributed by atoms with E-state index in [1.165, 1.54) is 17.5 Å². The summed E-state index contributed by atoms with van der Waals surface area (Å²) in [6.07, 6.45) is 4.94. The fourth-order valence-corrected chi connectivity index (χ4v) is 3.79. The highest BCUT2D eigenvalue weighted by Crippen LogP contribution is 2.18. The number of nitrogens with zero attached hydrogens (tertiary/aromatic N) is 5. The van der Waals surface area contributed by atoms with E-state index >= 15 is 0 Å². The minimum Gasteiger partial charge on any atom is -0.310 e. The molecular weight excluding hydrogens is 402 g/mol. The quantitative estimate of drug-likeness (QED) is 0.450. The Bertz CT molecular complexity index is 1210. The molecule has 154 valence electrons. The Morgan fingerprint density at radius 2 is 2.03 bits per heavy atom. The van der Waals surface area contributed by atoms with Gasteiger partial charge in [0, 0.05) is 19.3 Å². The van der Waals surface area contributed by atoms with Gasteiger partial charge in [0.15, 0.2) is 5.65 Å². The summed E-state index contributed by atoms with van der Waals surface area (Å²) < 4.78 is 1.62. The van der Waals surface area contributed by atoms with Crippen molar-refractivity contribution in [1.29, 1.82) is 0 Å². The number of hydrogen-bond donors (Lipinski definition) is 2. The second-order valence-corrected chi connectivity index (χ2v) is 7.86. The van der Waals surface area contributed by atoms with Gasteiger partial charge in [-0.2, -0.15) is 5.10 Å². The number of nitrogens with one attached hydrogen (secondary N) is 2. The van der Waals surface area contributed by atoms with Crippen LogP contribution < -0.4 is 10.9 Å². The smallest absolute Gasteiger partial charge is 0.262 e. The van der Waals surface area contributed by atoms with Gasteiger partial charge in [-0.1, -0.05) is 42.9 Å². The Balaban J connectivity index is 1.45. The molecule has 0 spiro atoms. The van der Waals surface area contributed by atoms with Crippen LogP contribution in [0.5, 0.6) is 0 Å². The van der Waals surface area contributed by atoms with Crippen molar-refractivity contribution in [2.45, 2.75) is 39.0 Å². The number of anilines is 1. The van der Waals surface area contributed by atoms with Gasteiger partial charge in [0.1, 0.15) is 16.2 Å². The number of aromatic nitrogens is 6. The lowest BCUT2D eigenvalue weighted by Crippen LogP contribution is -2.16. The van der Waals surface area contributed by atoms with Crippen molar-refractivity contribution < 1.29 is 4.79 Å². The molecular formula is C20H21N7O2S. The molecule has 0 aliphatic rings. The molecule has 0 unspecified atom stereocenters. The number of carbonyl (C=O) groups excluding carboxylic acids is 1. The average Bonchev–Trinajstić information content (AvgIpc) is 3.38. The summed E-state index contributed by atoms with van der Waals surface area (Å²) >= 11 is 1.39. The summed E-state index contributed by atoms with van der Waals surface area (Å²) in [5.74, 6) is 0.230. The van der Waals surface area contributed by atoms with Gasteiger partial charge >= 0.3 is 0 Å². The highest BCUT2D eigenvalue weighted by Gasteiger charge is 2.13. The Kier molecular flexibility index (Phi) is 5.94. The number of carbonyl (C=O) groups is 1. The summed E-state index contributed by atoms with van der Waals surface area (Å²) in [5.41, 5.74) is 0.997. The summed E-state index contributed by atoms with van der Waals surface area (Å²) in [7, 11) is 0. The number of amides is 1. The van der Waals surface area contributed by atoms with E-state index < -0.39 is 0 Å². The molecule has 9 nitrogen and oxygen atoms in total. The molecule has 10 heteroatoms. The molecule has 1 aromatic carbocycles. The normalized spacial score (nSPS) is 11.1. The van der Waals surface area contributed by atoms with Gasteiger partial charge in [0.2, 0.25) is 11.0 Å². The molecule has 1 amide bonds. The van der Waals surface area contributed by atoms with Crippen LogP contribution in [-0.4, -0.2) is 35.9 Å². The maximum absolute atomic E-state index is 12.4. The first-order valence-electron chi connectivity index (χ1n) is 9.78. The van der Waals surface area contributed by atoms with Gasteiger partial charge in [-0.3, -0.25) is 9.59 Å². The van der Waals surface area contributed by atoms with Crippen molar-refractivity contribution in [3.05, 3.63) is 57.7 Å². The zero-order valence-corrected chi connectivity index (χ0v) is 17.3. The number of H-pyrrole nitrogens is 1. The van der Waals surface area contributed by atoms with Crippen LogP contribution in [-0.2, 0) is 17.6 Å². The Labute approximate surface area is 176 Å². The number of unbranched alkanes of at least 4 members (excludes halogenated alkanes) is 1. The van der Waals surface area contributed by atoms with E-state index in [4.69, 9.17) is 0 Å². The summed E-state index contributed by atoms with van der Waals surface area (Å²) in [6, 6.07) is 9.47. The molecule has 4 rings (SSSR count). The third-order valence-corrected chi connectivity index (χ3v) is 5.43. The molecule has 3 heterocycles. The predicted octanol–water partition coefficient (Wildman–Crippen LogP) is 2.87. The van der Waals surface area contributed by atoms with Crippen LogP contribution in [0, 0.1) is 0 Å². The standard InChI is InChI=1S/C20H21N7O2S/c1-2-3-9-17-25-26-20(30-17)24-16(28)11-10-15-22-18-14(19(29)23-15)12-21-27(18)13-7-5-4-6-8-13/h4-8,12H,2-3,9-11H2,1H3,(H,22,23,29)(H,24,26,28). The summed E-state index contributed by atoms with van der Waals surface area (Å²) in [4.78, 5) is 32.0. The molecule has 0 aliphatic carbocycles. The molecule has 2 N–H and O–H groups in total. The van der Waals surface area contributed by atoms with Gasteiger partial charge in [0.25, 0.3) is 5.56 Å². The lowest BCUT2D eigenvalue weighted by molar-refractivity contribution is -0.116. The first-order valence-corrected chi connectivity index (χ1v) is 10.6. The maximum Gasteiger partial charge on any atom is 0.262 e. The van der Waals surface area contributed by atoms with Crippen LogP contribution in [0.2, 0.25) is 0 Å². The maximum atomic E-state index is 12.4. The number of hydrogen-bond acceptors (Lipinski definition) is 7. The minimum absolute atomic E-state index is 0.164. The Morgan fingerprint density at radius 1 is 1.20 bits per heavy atom. The molecule has 0 atom stereocenters. The van der Waals surface area contributed by atoms with Crippen molar-refractivity contribution in [1.82, 2.24) is 29.9 Å². The van der Waals surface area contributed by atoms with Crippen molar-refractivity contribution >= 4 is 33.4 Å². The van der Waals surface area contributed by atoms with E-state index in [2.05, 4.69) is 37.5 Å². The van der Waals surface area contributed by atoms with Gasteiger partial charge in [-0.15, -0.1) is 10.2 Å². The van der Waals surface area contributed by atoms with Crippen molar-refractivity contribution in [2.24, 2.45) is 0 Å². The minimum atomic E-state index is -0.276. The zero-order valence-electron chi connectivity index (χ0n) is 16.5. The molecule has 0 saturated carbocycles. The number of rotatable bonds is 8. The number of aryl methyl sites for hydroxylation is 2. The van der Waals surface area contributed by atoms with E-state index in [1.54, 1.807) is 4.68 Å². The van der Waals surface area contributed by atoms with Crippen LogP contribution in [0.15, 0.2) is 41.3 Å². The molecule has 4 aromatic rings. The molecule has 30 heavy (non-hydrogen) atoms. The SMILES string of the molecule is CCCCc1nnc(NC(=O)CCc2nc3c(cnn3-c3ccccc3)c(=O)[nH]2)s1. The number of para-hydroxylation sites is 1. The second-order valence-electron chi connectivity index (χ2n) is 6.79. The first-order chi connectivity index (χ1) is 14.6. The largest absolute Gasteiger partial charge is 0.310 e. The highest BCUT2D eigenvalue weighted by atomic mass is 32.1. The van der Waals surface area contributed by atoms with Crippen LogP contribution >= 0.6 is 11.3 Å². The van der Waals surface area contributed by atoms with Crippen LogP contribution in [0.25, 0.3) is 16.7 Å². The lowest BCUT2D eigenvalue weighted by Gasteiger charge is -2.05. The molecule has 0 radical (unpaired) electrons. The predicted molar refractivity (Wildman–Crippen MR) is 115 cm³/mol. The third kappa shape index (κ3) is 4.43. The summed E-state index contributed by atoms with van der Waals surface area (Å²) in [6.45, 7) is 2.12. The van der Waals surface area contributed by atoms with Crippen LogP contribution in [0.4, 0.5) is 5.13 Å². The molecule has 0 saturated heterocycles.